The second-order valence-electron chi connectivity index (χ2n) is 9.64. The van der Waals surface area contributed by atoms with Crippen molar-refractivity contribution in [3.63, 3.8) is 0 Å². The minimum Gasteiger partial charge on any atom is -0.444 e. The molecule has 1 aromatic rings. The molecular weight excluding hydrogens is 396 g/mol. The molecule has 0 saturated carbocycles. The number of benzene rings is 1. The number of hydrogen-bond acceptors (Lipinski definition) is 6. The maximum absolute atomic E-state index is 12.3. The molecule has 0 spiro atoms. The van der Waals surface area contributed by atoms with Crippen LogP contribution in [0.3, 0.4) is 0 Å². The van der Waals surface area contributed by atoms with E-state index in [0.29, 0.717) is 32.1 Å². The van der Waals surface area contributed by atoms with Crippen LogP contribution in [0, 0.1) is 5.92 Å². The van der Waals surface area contributed by atoms with E-state index in [-0.39, 0.29) is 0 Å². The first-order valence-corrected chi connectivity index (χ1v) is 11.3. The molecular formula is C24H40N2O5. The van der Waals surface area contributed by atoms with Crippen molar-refractivity contribution in [1.82, 2.24) is 10.6 Å². The van der Waals surface area contributed by atoms with Crippen LogP contribution in [0.4, 0.5) is 4.79 Å². The van der Waals surface area contributed by atoms with E-state index >= 15 is 0 Å². The average molecular weight is 437 g/mol. The van der Waals surface area contributed by atoms with Crippen molar-refractivity contribution in [3.8, 4) is 0 Å². The first kappa shape index (κ1) is 25.6. The number of aliphatic hydroxyl groups is 1. The summed E-state index contributed by atoms with van der Waals surface area (Å²) in [4.78, 5) is 12.3. The minimum absolute atomic E-state index is 0.377. The van der Waals surface area contributed by atoms with E-state index in [1.807, 2.05) is 58.0 Å². The predicted molar refractivity (Wildman–Crippen MR) is 121 cm³/mol. The lowest BCUT2D eigenvalue weighted by Crippen LogP contribution is -2.50. The number of amides is 1. The molecule has 7 nitrogen and oxygen atoms in total. The Morgan fingerprint density at radius 1 is 1.19 bits per heavy atom. The molecule has 0 radical (unpaired) electrons. The Bertz CT molecular complexity index is 656. The van der Waals surface area contributed by atoms with Crippen molar-refractivity contribution >= 4 is 6.09 Å². The summed E-state index contributed by atoms with van der Waals surface area (Å²) in [6, 6.07) is 9.36. The number of rotatable bonds is 11. The summed E-state index contributed by atoms with van der Waals surface area (Å²) in [6.07, 6.45) is 1.05. The molecule has 0 aliphatic carbocycles. The molecule has 1 aliphatic heterocycles. The molecule has 31 heavy (non-hydrogen) atoms. The molecule has 1 unspecified atom stereocenters. The molecule has 3 atom stereocenters. The van der Waals surface area contributed by atoms with Gasteiger partial charge in [0.1, 0.15) is 5.60 Å². The van der Waals surface area contributed by atoms with E-state index in [4.69, 9.17) is 14.2 Å². The van der Waals surface area contributed by atoms with Crippen molar-refractivity contribution < 1.29 is 24.1 Å². The standard InChI is InChI=1S/C24H40N2O5/c1-18(11-12-24(5)29-13-14-30-24)16-25-17-21(27)20(15-19-9-7-6-8-10-19)26-22(28)31-23(2,3)4/h6-10,18,20-21,25,27H,11-17H2,1-5H3,(H,26,28)/t18?,20-,21+/m0/s1. The van der Waals surface area contributed by atoms with Gasteiger partial charge in [-0.05, 0) is 58.6 Å². The number of alkyl carbamates (subject to hydrolysis) is 1. The third-order valence-electron chi connectivity index (χ3n) is 5.30. The SMILES string of the molecule is CC(CCC1(C)OCCO1)CNC[C@@H](O)[C@H](Cc1ccccc1)NC(=O)OC(C)(C)C. The van der Waals surface area contributed by atoms with Gasteiger partial charge in [-0.2, -0.15) is 0 Å². The van der Waals surface area contributed by atoms with Crippen molar-refractivity contribution in [2.75, 3.05) is 26.3 Å². The van der Waals surface area contributed by atoms with Crippen molar-refractivity contribution in [3.05, 3.63) is 35.9 Å². The van der Waals surface area contributed by atoms with E-state index in [1.165, 1.54) is 0 Å². The van der Waals surface area contributed by atoms with Gasteiger partial charge in [0.05, 0.1) is 25.4 Å². The minimum atomic E-state index is -0.751. The van der Waals surface area contributed by atoms with Gasteiger partial charge in [-0.15, -0.1) is 0 Å². The maximum Gasteiger partial charge on any atom is 0.407 e. The zero-order valence-electron chi connectivity index (χ0n) is 19.6. The molecule has 1 aromatic carbocycles. The summed E-state index contributed by atoms with van der Waals surface area (Å²) in [5.41, 5.74) is 0.449. The Morgan fingerprint density at radius 3 is 2.45 bits per heavy atom. The third-order valence-corrected chi connectivity index (χ3v) is 5.30. The van der Waals surface area contributed by atoms with Gasteiger partial charge in [-0.1, -0.05) is 37.3 Å². The molecule has 1 amide bonds. The molecule has 7 heteroatoms. The highest BCUT2D eigenvalue weighted by Crippen LogP contribution is 2.25. The van der Waals surface area contributed by atoms with Gasteiger partial charge in [0.2, 0.25) is 0 Å². The Morgan fingerprint density at radius 2 is 1.84 bits per heavy atom. The Labute approximate surface area is 186 Å². The van der Waals surface area contributed by atoms with Crippen molar-refractivity contribution in [2.45, 2.75) is 77.4 Å². The van der Waals surface area contributed by atoms with Crippen LogP contribution in [0.2, 0.25) is 0 Å². The summed E-state index contributed by atoms with van der Waals surface area (Å²) in [6.45, 7) is 12.1. The van der Waals surface area contributed by atoms with Crippen LogP contribution in [0.5, 0.6) is 0 Å². The van der Waals surface area contributed by atoms with E-state index < -0.39 is 29.6 Å². The lowest BCUT2D eigenvalue weighted by Gasteiger charge is -2.28. The molecule has 0 aromatic heterocycles. The van der Waals surface area contributed by atoms with E-state index in [9.17, 15) is 9.90 Å². The van der Waals surface area contributed by atoms with Crippen LogP contribution in [-0.4, -0.2) is 61.0 Å². The predicted octanol–water partition coefficient (Wildman–Crippen LogP) is 3.25. The molecule has 1 aliphatic rings. The summed E-state index contributed by atoms with van der Waals surface area (Å²) < 4.78 is 16.7. The normalized spacial score (nSPS) is 18.9. The molecule has 1 saturated heterocycles. The molecule has 3 N–H and O–H groups in total. The van der Waals surface area contributed by atoms with Crippen LogP contribution in [0.25, 0.3) is 0 Å². The molecule has 1 fully saturated rings. The molecule has 2 rings (SSSR count). The fourth-order valence-electron chi connectivity index (χ4n) is 3.54. The maximum atomic E-state index is 12.3. The van der Waals surface area contributed by atoms with Gasteiger partial charge in [0.25, 0.3) is 0 Å². The highest BCUT2D eigenvalue weighted by atomic mass is 16.7. The lowest BCUT2D eigenvalue weighted by molar-refractivity contribution is -0.148. The highest BCUT2D eigenvalue weighted by Gasteiger charge is 2.31. The zero-order valence-corrected chi connectivity index (χ0v) is 19.6. The summed E-state index contributed by atoms with van der Waals surface area (Å²) in [5, 5.41) is 17.0. The fourth-order valence-corrected chi connectivity index (χ4v) is 3.54. The molecule has 176 valence electrons. The van der Waals surface area contributed by atoms with Crippen LogP contribution < -0.4 is 10.6 Å². The van der Waals surface area contributed by atoms with Gasteiger partial charge in [-0.3, -0.25) is 0 Å². The second-order valence-corrected chi connectivity index (χ2v) is 9.64. The van der Waals surface area contributed by atoms with Crippen LogP contribution >= 0.6 is 0 Å². The zero-order chi connectivity index (χ0) is 22.9. The first-order valence-electron chi connectivity index (χ1n) is 11.3. The van der Waals surface area contributed by atoms with Crippen LogP contribution in [0.15, 0.2) is 30.3 Å². The number of hydrogen-bond donors (Lipinski definition) is 3. The number of aliphatic hydroxyl groups excluding tert-OH is 1. The lowest BCUT2D eigenvalue weighted by atomic mass is 10.00. The summed E-state index contributed by atoms with van der Waals surface area (Å²) >= 11 is 0. The second kappa shape index (κ2) is 11.8. The van der Waals surface area contributed by atoms with Crippen molar-refractivity contribution in [2.24, 2.45) is 5.92 Å². The third kappa shape index (κ3) is 9.99. The van der Waals surface area contributed by atoms with Gasteiger partial charge in [0, 0.05) is 13.0 Å². The van der Waals surface area contributed by atoms with Crippen molar-refractivity contribution in [1.29, 1.82) is 0 Å². The van der Waals surface area contributed by atoms with Gasteiger partial charge in [0.15, 0.2) is 5.79 Å². The van der Waals surface area contributed by atoms with E-state index in [1.54, 1.807) is 0 Å². The number of ether oxygens (including phenoxy) is 3. The Kier molecular flexibility index (Phi) is 9.75. The molecule has 0 bridgehead atoms. The smallest absolute Gasteiger partial charge is 0.407 e. The average Bonchev–Trinajstić information content (AvgIpc) is 3.12. The summed E-state index contributed by atoms with van der Waals surface area (Å²) in [5.74, 6) is -0.0606. The first-order chi connectivity index (χ1) is 14.6. The number of carbonyl (C=O) groups excluding carboxylic acids is 1. The quantitative estimate of drug-likeness (QED) is 0.493. The molecule has 1 heterocycles. The topological polar surface area (TPSA) is 89.0 Å². The van der Waals surface area contributed by atoms with Gasteiger partial charge in [-0.25, -0.2) is 4.79 Å². The summed E-state index contributed by atoms with van der Waals surface area (Å²) in [7, 11) is 0. The largest absolute Gasteiger partial charge is 0.444 e. The fraction of sp³-hybridized carbons (Fsp3) is 0.708. The number of nitrogens with one attached hydrogen (secondary N) is 2. The monoisotopic (exact) mass is 436 g/mol. The number of carbonyl (C=O) groups is 1. The van der Waals surface area contributed by atoms with Gasteiger partial charge >= 0.3 is 6.09 Å². The van der Waals surface area contributed by atoms with Gasteiger partial charge < -0.3 is 30.0 Å². The van der Waals surface area contributed by atoms with E-state index in [0.717, 1.165) is 24.9 Å². The Balaban J connectivity index is 1.83. The highest BCUT2D eigenvalue weighted by molar-refractivity contribution is 5.68. The van der Waals surface area contributed by atoms with E-state index in [2.05, 4.69) is 17.6 Å². The van der Waals surface area contributed by atoms with Crippen LogP contribution in [-0.2, 0) is 20.6 Å². The Hall–Kier alpha value is -1.67. The van der Waals surface area contributed by atoms with Crippen LogP contribution in [0.1, 0.15) is 53.0 Å².